The van der Waals surface area contributed by atoms with Gasteiger partial charge in [-0.25, -0.2) is 0 Å². The van der Waals surface area contributed by atoms with E-state index in [0.29, 0.717) is 0 Å². The largest absolute Gasteiger partial charge is 0.394 e. The van der Waals surface area contributed by atoms with Crippen LogP contribution >= 0.6 is 25.5 Å². The summed E-state index contributed by atoms with van der Waals surface area (Å²) in [6, 6.07) is 0. The average molecular weight is 279 g/mol. The van der Waals surface area contributed by atoms with Gasteiger partial charge in [0.1, 0.15) is 24.2 Å². The molecule has 0 amide bonds. The summed E-state index contributed by atoms with van der Waals surface area (Å²) in [7, 11) is -4.73. The van der Waals surface area contributed by atoms with Gasteiger partial charge in [-0.15, -0.1) is 0 Å². The van der Waals surface area contributed by atoms with Gasteiger partial charge in [0.05, 0.1) is 14.9 Å². The lowest BCUT2D eigenvalue weighted by molar-refractivity contribution is -0.00828. The second-order valence-corrected chi connectivity index (χ2v) is 6.88. The number of aliphatic hydroxyl groups excluding tert-OH is 3. The smallest absolute Gasteiger partial charge is 0.351 e. The van der Waals surface area contributed by atoms with Gasteiger partial charge in [0.25, 0.3) is 0 Å². The molecule has 1 fully saturated rings. The second kappa shape index (κ2) is 5.97. The predicted molar refractivity (Wildman–Crippen MR) is 57.8 cm³/mol. The first kappa shape index (κ1) is 15.9. The Morgan fingerprint density at radius 3 is 2.13 bits per heavy atom. The summed E-state index contributed by atoms with van der Waals surface area (Å²) in [5, 5.41) is 27.2. The van der Waals surface area contributed by atoms with E-state index in [2.05, 4.69) is 0 Å². The minimum Gasteiger partial charge on any atom is -0.394 e. The fraction of sp³-hybridized carbons (Fsp3) is 1.00. The molecule has 10 heteroatoms. The van der Waals surface area contributed by atoms with Gasteiger partial charge < -0.3 is 29.8 Å². The molecule has 0 aromatic carbocycles. The van der Waals surface area contributed by atoms with Gasteiger partial charge in [-0.2, -0.15) is 9.90 Å². The van der Waals surface area contributed by atoms with E-state index < -0.39 is 46.3 Å². The molecule has 1 saturated heterocycles. The molecule has 0 saturated carbocycles. The topological polar surface area (TPSA) is 127 Å². The molecule has 1 rings (SSSR count). The second-order valence-electron chi connectivity index (χ2n) is 2.86. The van der Waals surface area contributed by atoms with Gasteiger partial charge in [-0.3, -0.25) is 4.57 Å². The van der Waals surface area contributed by atoms with Crippen LogP contribution in [0.3, 0.4) is 0 Å². The molecule has 7 nitrogen and oxygen atoms in total. The maximum Gasteiger partial charge on any atom is 0.351 e. The van der Waals surface area contributed by atoms with Gasteiger partial charge in [0, 0.05) is 0 Å². The molecule has 91 valence electrons. The average Bonchev–Trinajstić information content (AvgIpc) is 2.30. The number of hydrogen-bond donors (Lipinski definition) is 5. The molecule has 1 radical (unpaired) electrons. The van der Waals surface area contributed by atoms with Crippen molar-refractivity contribution in [2.75, 3.05) is 6.61 Å². The van der Waals surface area contributed by atoms with E-state index in [1.54, 1.807) is 0 Å². The summed E-state index contributed by atoms with van der Waals surface area (Å²) in [5.74, 6) is -1.16. The van der Waals surface area contributed by atoms with Crippen LogP contribution < -0.4 is 0 Å². The normalized spacial score (nSPS) is 37.1. The van der Waals surface area contributed by atoms with E-state index >= 15 is 0 Å². The highest BCUT2D eigenvalue weighted by atomic mass is 32.1. The Morgan fingerprint density at radius 2 is 1.80 bits per heavy atom. The fourth-order valence-electron chi connectivity index (χ4n) is 1.12. The van der Waals surface area contributed by atoms with E-state index in [0.717, 1.165) is 0 Å². The van der Waals surface area contributed by atoms with Gasteiger partial charge in [0.15, 0.2) is 0 Å². The van der Waals surface area contributed by atoms with Gasteiger partial charge in [-0.05, 0) is 0 Å². The summed E-state index contributed by atoms with van der Waals surface area (Å²) in [5.41, 5.74) is 0. The van der Waals surface area contributed by atoms with Crippen molar-refractivity contribution in [2.45, 2.75) is 24.2 Å². The van der Waals surface area contributed by atoms with E-state index in [1.807, 2.05) is 0 Å². The zero-order valence-corrected chi connectivity index (χ0v) is 10.9. The Balaban J connectivity index is 0.00000196. The summed E-state index contributed by atoms with van der Waals surface area (Å²) < 4.78 is 15.4. The van der Waals surface area contributed by atoms with Crippen LogP contribution in [0.1, 0.15) is 0 Å². The molecular formula is C5H14O7P3. The third-order valence-electron chi connectivity index (χ3n) is 1.78. The van der Waals surface area contributed by atoms with Crippen LogP contribution in [-0.4, -0.2) is 55.9 Å². The van der Waals surface area contributed by atoms with Crippen molar-refractivity contribution in [3.63, 3.8) is 0 Å². The SMILES string of the molecule is O=P(O)(O)[P]C1O[C@H](CO)[C@@H](O)[C@H]1O.P. The molecule has 15 heavy (non-hydrogen) atoms. The Labute approximate surface area is 91.3 Å². The zero-order valence-electron chi connectivity index (χ0n) is 7.67. The molecule has 0 bridgehead atoms. The van der Waals surface area contributed by atoms with Gasteiger partial charge >= 0.3 is 7.28 Å². The lowest BCUT2D eigenvalue weighted by Gasteiger charge is -2.13. The standard InChI is InChI=1S/C5H11O7P2.H3P/c6-1-2-3(7)4(8)5(12-2)13-14(9,10)11;/h2-8H,1H2,(H2,9,10,11);1H3/t2-,3-,4-,5?;/m1./s1. The summed E-state index contributed by atoms with van der Waals surface area (Å²) in [6.07, 6.45) is -3.69. The third kappa shape index (κ3) is 4.31. The monoisotopic (exact) mass is 279 g/mol. The van der Waals surface area contributed by atoms with E-state index in [1.165, 1.54) is 0 Å². The molecule has 0 aromatic rings. The highest BCUT2D eigenvalue weighted by Gasteiger charge is 2.45. The van der Waals surface area contributed by atoms with Crippen molar-refractivity contribution >= 4 is 25.5 Å². The van der Waals surface area contributed by atoms with Crippen LogP contribution in [0.2, 0.25) is 0 Å². The first-order chi connectivity index (χ1) is 6.35. The minimum atomic E-state index is -4.32. The molecule has 1 aliphatic rings. The lowest BCUT2D eigenvalue weighted by atomic mass is 10.2. The minimum absolute atomic E-state index is 0. The van der Waals surface area contributed by atoms with Crippen LogP contribution in [0.25, 0.3) is 0 Å². The molecule has 0 aromatic heterocycles. The molecule has 1 aliphatic heterocycles. The molecular weight excluding hydrogens is 265 g/mol. The molecule has 0 aliphatic carbocycles. The van der Waals surface area contributed by atoms with Crippen LogP contribution in [-0.2, 0) is 9.30 Å². The van der Waals surface area contributed by atoms with Crippen molar-refractivity contribution in [2.24, 2.45) is 0 Å². The van der Waals surface area contributed by atoms with Gasteiger partial charge in [-0.1, -0.05) is 0 Å². The van der Waals surface area contributed by atoms with Crippen LogP contribution in [0.5, 0.6) is 0 Å². The number of rotatable bonds is 3. The quantitative estimate of drug-likeness (QED) is 0.399. The lowest BCUT2D eigenvalue weighted by Crippen LogP contribution is -2.32. The van der Waals surface area contributed by atoms with E-state index in [-0.39, 0.29) is 9.90 Å². The van der Waals surface area contributed by atoms with Gasteiger partial charge in [0.2, 0.25) is 0 Å². The molecule has 1 heterocycles. The van der Waals surface area contributed by atoms with Crippen molar-refractivity contribution in [3.8, 4) is 0 Å². The summed E-state index contributed by atoms with van der Waals surface area (Å²) in [4.78, 5) is 17.2. The van der Waals surface area contributed by atoms with Crippen molar-refractivity contribution in [3.05, 3.63) is 0 Å². The Kier molecular flexibility index (Phi) is 6.30. The highest BCUT2D eigenvalue weighted by Crippen LogP contribution is 2.60. The maximum atomic E-state index is 10.6. The predicted octanol–water partition coefficient (Wildman–Crippen LogP) is -1.48. The Morgan fingerprint density at radius 1 is 1.27 bits per heavy atom. The first-order valence-electron chi connectivity index (χ1n) is 3.75. The Bertz CT molecular complexity index is 243. The molecule has 5 atom stereocenters. The van der Waals surface area contributed by atoms with Crippen molar-refractivity contribution in [1.82, 2.24) is 0 Å². The molecule has 2 unspecified atom stereocenters. The van der Waals surface area contributed by atoms with E-state index in [4.69, 9.17) is 19.6 Å². The number of hydrogen-bond acceptors (Lipinski definition) is 5. The van der Waals surface area contributed by atoms with Crippen molar-refractivity contribution in [1.29, 1.82) is 0 Å². The fourth-order valence-corrected chi connectivity index (χ4v) is 3.41. The van der Waals surface area contributed by atoms with Crippen molar-refractivity contribution < 1.29 is 34.4 Å². The molecule has 0 spiro atoms. The molecule has 5 N–H and O–H groups in total. The maximum absolute atomic E-state index is 10.6. The summed E-state index contributed by atoms with van der Waals surface area (Å²) in [6.45, 7) is -0.509. The first-order valence-corrected chi connectivity index (χ1v) is 7.03. The van der Waals surface area contributed by atoms with E-state index in [9.17, 15) is 14.8 Å². The number of ether oxygens (including phenoxy) is 1. The zero-order chi connectivity index (χ0) is 10.9. The third-order valence-corrected chi connectivity index (χ3v) is 4.32. The summed E-state index contributed by atoms with van der Waals surface area (Å²) >= 11 is 0. The number of aliphatic hydroxyl groups is 3. The van der Waals surface area contributed by atoms with Crippen LogP contribution in [0, 0.1) is 0 Å². The highest BCUT2D eigenvalue weighted by molar-refractivity contribution is 8.19. The van der Waals surface area contributed by atoms with Crippen LogP contribution in [0.15, 0.2) is 0 Å². The Hall–Kier alpha value is 0.850. The van der Waals surface area contributed by atoms with Crippen LogP contribution in [0.4, 0.5) is 0 Å².